The van der Waals surface area contributed by atoms with Crippen molar-refractivity contribution in [3.8, 4) is 0 Å². The van der Waals surface area contributed by atoms with Gasteiger partial charge in [0.15, 0.2) is 0 Å². The minimum absolute atomic E-state index is 0.0723. The van der Waals surface area contributed by atoms with Crippen LogP contribution in [0.1, 0.15) is 5.56 Å². The Morgan fingerprint density at radius 3 is 2.14 bits per heavy atom. The van der Waals surface area contributed by atoms with Crippen molar-refractivity contribution in [2.24, 2.45) is 0 Å². The van der Waals surface area contributed by atoms with E-state index >= 15 is 0 Å². The van der Waals surface area contributed by atoms with Crippen molar-refractivity contribution in [1.29, 1.82) is 0 Å². The molecule has 35 heavy (non-hydrogen) atoms. The van der Waals surface area contributed by atoms with Crippen LogP contribution in [0.25, 0.3) is 0 Å². The van der Waals surface area contributed by atoms with E-state index in [-0.39, 0.29) is 38.9 Å². The summed E-state index contributed by atoms with van der Waals surface area (Å²) in [5.41, 5.74) is 2.04. The van der Waals surface area contributed by atoms with Gasteiger partial charge in [0, 0.05) is 31.9 Å². The summed E-state index contributed by atoms with van der Waals surface area (Å²) in [6, 6.07) is 17.1. The molecule has 1 amide bonds. The minimum Gasteiger partial charge on any atom is -0.368 e. The van der Waals surface area contributed by atoms with Crippen molar-refractivity contribution in [1.82, 2.24) is 4.90 Å². The number of carbonyl (C=O) groups is 1. The van der Waals surface area contributed by atoms with Gasteiger partial charge >= 0.3 is 0 Å². The molecule has 3 aromatic carbocycles. The lowest BCUT2D eigenvalue weighted by molar-refractivity contribution is -0.129. The van der Waals surface area contributed by atoms with Crippen molar-refractivity contribution in [2.45, 2.75) is 11.8 Å². The molecule has 0 aliphatic carbocycles. The van der Waals surface area contributed by atoms with Crippen LogP contribution in [0.3, 0.4) is 0 Å². The monoisotopic (exact) mass is 535 g/mol. The zero-order valence-electron chi connectivity index (χ0n) is 19.0. The van der Waals surface area contributed by atoms with Gasteiger partial charge in [-0.3, -0.25) is 9.10 Å². The van der Waals surface area contributed by atoms with E-state index in [0.29, 0.717) is 26.2 Å². The Labute approximate surface area is 214 Å². The number of rotatable bonds is 6. The maximum Gasteiger partial charge on any atom is 0.264 e. The molecule has 184 valence electrons. The summed E-state index contributed by atoms with van der Waals surface area (Å²) in [7, 11) is -4.05. The molecule has 1 aliphatic rings. The van der Waals surface area contributed by atoms with Crippen LogP contribution in [-0.4, -0.2) is 51.9 Å². The molecule has 6 nitrogen and oxygen atoms in total. The Balaban J connectivity index is 1.55. The van der Waals surface area contributed by atoms with E-state index < -0.39 is 10.0 Å². The second kappa shape index (κ2) is 10.4. The SMILES string of the molecule is Cc1ccc(S(=O)(=O)N(CC(=O)N2CCN(c3ccc(F)cc3)CC2)c2ccc(Cl)c(Cl)c2)cc1. The zero-order chi connectivity index (χ0) is 25.2. The molecule has 1 saturated heterocycles. The summed E-state index contributed by atoms with van der Waals surface area (Å²) >= 11 is 12.2. The standard InChI is InChI=1S/C25H24Cl2FN3O3S/c1-18-2-9-22(10-3-18)35(33,34)31(21-8-11-23(26)24(27)16-21)17-25(32)30-14-12-29(13-15-30)20-6-4-19(28)5-7-20/h2-11,16H,12-15,17H2,1H3. The van der Waals surface area contributed by atoms with Crippen LogP contribution in [-0.2, 0) is 14.8 Å². The third-order valence-electron chi connectivity index (χ3n) is 5.90. The molecular weight excluding hydrogens is 512 g/mol. The number of hydrogen-bond donors (Lipinski definition) is 0. The molecule has 0 aromatic heterocycles. The summed E-state index contributed by atoms with van der Waals surface area (Å²) < 4.78 is 41.4. The highest BCUT2D eigenvalue weighted by Gasteiger charge is 2.30. The fourth-order valence-corrected chi connectivity index (χ4v) is 5.58. The molecule has 10 heteroatoms. The predicted octanol–water partition coefficient (Wildman–Crippen LogP) is 4.99. The number of hydrogen-bond acceptors (Lipinski definition) is 4. The van der Waals surface area contributed by atoms with Crippen molar-refractivity contribution >= 4 is 50.5 Å². The number of amides is 1. The van der Waals surface area contributed by atoms with E-state index in [1.54, 1.807) is 29.2 Å². The predicted molar refractivity (Wildman–Crippen MR) is 137 cm³/mol. The number of halogens is 3. The lowest BCUT2D eigenvalue weighted by Crippen LogP contribution is -2.52. The van der Waals surface area contributed by atoms with Gasteiger partial charge in [-0.15, -0.1) is 0 Å². The van der Waals surface area contributed by atoms with Crippen LogP contribution < -0.4 is 9.21 Å². The van der Waals surface area contributed by atoms with Crippen molar-refractivity contribution < 1.29 is 17.6 Å². The minimum atomic E-state index is -4.05. The second-order valence-electron chi connectivity index (χ2n) is 8.27. The van der Waals surface area contributed by atoms with E-state index in [1.807, 2.05) is 6.92 Å². The number of sulfonamides is 1. The molecule has 0 spiro atoms. The molecule has 4 rings (SSSR count). The average molecular weight is 536 g/mol. The van der Waals surface area contributed by atoms with Gasteiger partial charge in [0.25, 0.3) is 10.0 Å². The normalized spacial score (nSPS) is 14.2. The highest BCUT2D eigenvalue weighted by Crippen LogP contribution is 2.31. The van der Waals surface area contributed by atoms with Crippen LogP contribution in [0.15, 0.2) is 71.6 Å². The molecule has 1 heterocycles. The summed E-state index contributed by atoms with van der Waals surface area (Å²) in [6.07, 6.45) is 0. The zero-order valence-corrected chi connectivity index (χ0v) is 21.3. The lowest BCUT2D eigenvalue weighted by atomic mass is 10.2. The van der Waals surface area contributed by atoms with Gasteiger partial charge in [-0.05, 0) is 61.5 Å². The Kier molecular flexibility index (Phi) is 7.54. The number of benzene rings is 3. The van der Waals surface area contributed by atoms with E-state index in [9.17, 15) is 17.6 Å². The summed E-state index contributed by atoms with van der Waals surface area (Å²) in [4.78, 5) is 17.0. The van der Waals surface area contributed by atoms with Gasteiger partial charge in [-0.2, -0.15) is 0 Å². The van der Waals surface area contributed by atoms with Gasteiger partial charge in [0.2, 0.25) is 5.91 Å². The largest absolute Gasteiger partial charge is 0.368 e. The first-order chi connectivity index (χ1) is 16.6. The first kappa shape index (κ1) is 25.3. The van der Waals surface area contributed by atoms with Crippen LogP contribution in [0, 0.1) is 12.7 Å². The van der Waals surface area contributed by atoms with E-state index in [2.05, 4.69) is 4.90 Å². The molecule has 0 bridgehead atoms. The van der Waals surface area contributed by atoms with Gasteiger partial charge in [0.1, 0.15) is 12.4 Å². The quantitative estimate of drug-likeness (QED) is 0.446. The fourth-order valence-electron chi connectivity index (χ4n) is 3.88. The molecule has 0 saturated carbocycles. The Hall–Kier alpha value is -2.81. The number of anilines is 2. The Morgan fingerprint density at radius 2 is 1.54 bits per heavy atom. The van der Waals surface area contributed by atoms with E-state index in [0.717, 1.165) is 15.6 Å². The van der Waals surface area contributed by atoms with Crippen molar-refractivity contribution in [3.05, 3.63) is 88.2 Å². The topological polar surface area (TPSA) is 60.9 Å². The van der Waals surface area contributed by atoms with E-state index in [1.165, 1.54) is 42.5 Å². The van der Waals surface area contributed by atoms with Gasteiger partial charge in [-0.25, -0.2) is 12.8 Å². The molecule has 1 fully saturated rings. The van der Waals surface area contributed by atoms with Gasteiger partial charge < -0.3 is 9.80 Å². The van der Waals surface area contributed by atoms with Crippen LogP contribution in [0.2, 0.25) is 10.0 Å². The highest BCUT2D eigenvalue weighted by molar-refractivity contribution is 7.92. The van der Waals surface area contributed by atoms with Crippen molar-refractivity contribution in [2.75, 3.05) is 41.9 Å². The Morgan fingerprint density at radius 1 is 0.914 bits per heavy atom. The number of aryl methyl sites for hydroxylation is 1. The lowest BCUT2D eigenvalue weighted by Gasteiger charge is -2.37. The van der Waals surface area contributed by atoms with Gasteiger partial charge in [0.05, 0.1) is 20.6 Å². The molecular formula is C25H24Cl2FN3O3S. The third kappa shape index (κ3) is 5.72. The first-order valence-electron chi connectivity index (χ1n) is 11.0. The maximum atomic E-state index is 13.6. The fraction of sp³-hybridized carbons (Fsp3) is 0.240. The first-order valence-corrected chi connectivity index (χ1v) is 13.2. The molecule has 0 N–H and O–H groups in total. The molecule has 0 radical (unpaired) electrons. The van der Waals surface area contributed by atoms with Crippen LogP contribution in [0.5, 0.6) is 0 Å². The molecule has 0 atom stereocenters. The smallest absolute Gasteiger partial charge is 0.264 e. The molecule has 1 aliphatic heterocycles. The number of carbonyl (C=O) groups excluding carboxylic acids is 1. The molecule has 3 aromatic rings. The number of piperazine rings is 1. The average Bonchev–Trinajstić information content (AvgIpc) is 2.85. The summed E-state index contributed by atoms with van der Waals surface area (Å²) in [6.45, 7) is 3.41. The van der Waals surface area contributed by atoms with E-state index in [4.69, 9.17) is 23.2 Å². The maximum absolute atomic E-state index is 13.6. The van der Waals surface area contributed by atoms with Crippen LogP contribution >= 0.6 is 23.2 Å². The molecule has 0 unspecified atom stereocenters. The van der Waals surface area contributed by atoms with Crippen LogP contribution in [0.4, 0.5) is 15.8 Å². The highest BCUT2D eigenvalue weighted by atomic mass is 35.5. The van der Waals surface area contributed by atoms with Crippen molar-refractivity contribution in [3.63, 3.8) is 0 Å². The third-order valence-corrected chi connectivity index (χ3v) is 8.43. The second-order valence-corrected chi connectivity index (χ2v) is 10.9. The number of nitrogens with zero attached hydrogens (tertiary/aromatic N) is 3. The summed E-state index contributed by atoms with van der Waals surface area (Å²) in [5.74, 6) is -0.634. The Bertz CT molecular complexity index is 1310. The summed E-state index contributed by atoms with van der Waals surface area (Å²) in [5, 5.41) is 0.472. The van der Waals surface area contributed by atoms with Gasteiger partial charge in [-0.1, -0.05) is 40.9 Å².